The number of hydrogen-bond donors (Lipinski definition) is 0. The SMILES string of the molecule is [CH2]CCOc1ccc(/C=C/C(=O)Oc2ccc(OC(=O)CCCCC)cc2)cc1. The first-order chi connectivity index (χ1) is 14.1. The van der Waals surface area contributed by atoms with Crippen molar-refractivity contribution in [2.24, 2.45) is 0 Å². The van der Waals surface area contributed by atoms with Gasteiger partial charge in [-0.1, -0.05) is 31.9 Å². The van der Waals surface area contributed by atoms with E-state index in [0.29, 0.717) is 30.9 Å². The number of unbranched alkanes of at least 4 members (excludes halogenated alkanes) is 2. The third kappa shape index (κ3) is 8.64. The molecule has 5 nitrogen and oxygen atoms in total. The van der Waals surface area contributed by atoms with Crippen molar-refractivity contribution in [2.75, 3.05) is 6.61 Å². The molecule has 153 valence electrons. The molecule has 0 aliphatic carbocycles. The number of rotatable bonds is 11. The van der Waals surface area contributed by atoms with Crippen LogP contribution in [0.2, 0.25) is 0 Å². The summed E-state index contributed by atoms with van der Waals surface area (Å²) >= 11 is 0. The van der Waals surface area contributed by atoms with Crippen LogP contribution in [-0.4, -0.2) is 18.5 Å². The summed E-state index contributed by atoms with van der Waals surface area (Å²) in [6.07, 6.45) is 7.01. The van der Waals surface area contributed by atoms with E-state index in [4.69, 9.17) is 14.2 Å². The molecule has 0 atom stereocenters. The highest BCUT2D eigenvalue weighted by molar-refractivity contribution is 5.88. The molecule has 0 saturated carbocycles. The predicted molar refractivity (Wildman–Crippen MR) is 113 cm³/mol. The van der Waals surface area contributed by atoms with Gasteiger partial charge in [-0.05, 0) is 67.8 Å². The van der Waals surface area contributed by atoms with Crippen LogP contribution in [0.3, 0.4) is 0 Å². The van der Waals surface area contributed by atoms with Crippen LogP contribution in [0.4, 0.5) is 0 Å². The van der Waals surface area contributed by atoms with E-state index in [2.05, 4.69) is 13.8 Å². The van der Waals surface area contributed by atoms with Crippen LogP contribution in [-0.2, 0) is 9.59 Å². The fraction of sp³-hybridized carbons (Fsp3) is 0.292. The van der Waals surface area contributed by atoms with Crippen LogP contribution in [0.1, 0.15) is 44.6 Å². The Hall–Kier alpha value is -3.08. The Labute approximate surface area is 172 Å². The molecule has 0 fully saturated rings. The van der Waals surface area contributed by atoms with Gasteiger partial charge >= 0.3 is 11.9 Å². The lowest BCUT2D eigenvalue weighted by Crippen LogP contribution is -2.07. The molecule has 0 amide bonds. The monoisotopic (exact) mass is 395 g/mol. The topological polar surface area (TPSA) is 61.8 Å². The van der Waals surface area contributed by atoms with Crippen LogP contribution in [0.25, 0.3) is 6.08 Å². The van der Waals surface area contributed by atoms with Crippen molar-refractivity contribution in [1.29, 1.82) is 0 Å². The minimum Gasteiger partial charge on any atom is -0.494 e. The number of carbonyl (C=O) groups excluding carboxylic acids is 2. The van der Waals surface area contributed by atoms with Gasteiger partial charge in [-0.25, -0.2) is 4.79 Å². The Morgan fingerprint density at radius 1 is 0.897 bits per heavy atom. The van der Waals surface area contributed by atoms with Crippen molar-refractivity contribution in [2.45, 2.75) is 39.0 Å². The average molecular weight is 395 g/mol. The molecule has 0 N–H and O–H groups in total. The minimum atomic E-state index is -0.494. The second-order valence-corrected chi connectivity index (χ2v) is 6.43. The summed E-state index contributed by atoms with van der Waals surface area (Å²) in [6, 6.07) is 13.8. The summed E-state index contributed by atoms with van der Waals surface area (Å²) in [5.41, 5.74) is 0.856. The van der Waals surface area contributed by atoms with E-state index in [0.717, 1.165) is 30.6 Å². The van der Waals surface area contributed by atoms with Gasteiger partial charge in [-0.15, -0.1) is 0 Å². The fourth-order valence-corrected chi connectivity index (χ4v) is 2.46. The molecule has 0 bridgehead atoms. The summed E-state index contributed by atoms with van der Waals surface area (Å²) in [5.74, 6) is 0.825. The van der Waals surface area contributed by atoms with E-state index in [1.807, 2.05) is 24.3 Å². The van der Waals surface area contributed by atoms with Gasteiger partial charge in [-0.2, -0.15) is 0 Å². The van der Waals surface area contributed by atoms with E-state index in [1.165, 1.54) is 6.08 Å². The Morgan fingerprint density at radius 3 is 2.14 bits per heavy atom. The van der Waals surface area contributed by atoms with Gasteiger partial charge in [0.25, 0.3) is 0 Å². The zero-order valence-corrected chi connectivity index (χ0v) is 16.8. The van der Waals surface area contributed by atoms with Gasteiger partial charge in [0, 0.05) is 12.5 Å². The molecule has 2 rings (SSSR count). The third-order valence-corrected chi connectivity index (χ3v) is 3.96. The van der Waals surface area contributed by atoms with E-state index in [-0.39, 0.29) is 5.97 Å². The summed E-state index contributed by atoms with van der Waals surface area (Å²) < 4.78 is 16.0. The van der Waals surface area contributed by atoms with E-state index >= 15 is 0 Å². The molecule has 0 saturated heterocycles. The van der Waals surface area contributed by atoms with Gasteiger partial charge in [-0.3, -0.25) is 4.79 Å². The molecule has 0 aromatic heterocycles. The standard InChI is InChI=1S/C24H27O5/c1-3-5-6-7-23(25)28-21-13-15-22(16-14-21)29-24(26)17-10-19-8-11-20(12-9-19)27-18-4-2/h8-17H,2-7,18H2,1H3/b17-10+. The first kappa shape index (κ1) is 22.2. The lowest BCUT2D eigenvalue weighted by molar-refractivity contribution is -0.134. The Morgan fingerprint density at radius 2 is 1.52 bits per heavy atom. The van der Waals surface area contributed by atoms with Crippen LogP contribution in [0.15, 0.2) is 54.6 Å². The highest BCUT2D eigenvalue weighted by Gasteiger charge is 2.06. The molecule has 0 unspecified atom stereocenters. The predicted octanol–water partition coefficient (Wildman–Crippen LogP) is 5.39. The normalized spacial score (nSPS) is 10.7. The largest absolute Gasteiger partial charge is 0.494 e. The first-order valence-electron chi connectivity index (χ1n) is 9.83. The molecule has 0 spiro atoms. The van der Waals surface area contributed by atoms with Crippen LogP contribution < -0.4 is 14.2 Å². The van der Waals surface area contributed by atoms with Crippen molar-refractivity contribution in [3.63, 3.8) is 0 Å². The highest BCUT2D eigenvalue weighted by atomic mass is 16.5. The summed E-state index contributed by atoms with van der Waals surface area (Å²) in [4.78, 5) is 23.7. The number of benzene rings is 2. The molecule has 0 aliphatic rings. The Balaban J connectivity index is 1.81. The van der Waals surface area contributed by atoms with E-state index in [1.54, 1.807) is 30.3 Å². The number of ether oxygens (including phenoxy) is 3. The molecule has 5 heteroatoms. The maximum absolute atomic E-state index is 12.0. The lowest BCUT2D eigenvalue weighted by Gasteiger charge is -2.06. The van der Waals surface area contributed by atoms with Crippen LogP contribution in [0.5, 0.6) is 17.2 Å². The Kier molecular flexibility index (Phi) is 9.49. The van der Waals surface area contributed by atoms with Crippen LogP contribution >= 0.6 is 0 Å². The van der Waals surface area contributed by atoms with E-state index in [9.17, 15) is 9.59 Å². The minimum absolute atomic E-state index is 0.256. The molecule has 0 heterocycles. The molecular weight excluding hydrogens is 368 g/mol. The van der Waals surface area contributed by atoms with Gasteiger partial charge in [0.2, 0.25) is 0 Å². The zero-order valence-electron chi connectivity index (χ0n) is 16.8. The maximum Gasteiger partial charge on any atom is 0.336 e. The molecule has 1 radical (unpaired) electrons. The smallest absolute Gasteiger partial charge is 0.336 e. The maximum atomic E-state index is 12.0. The van der Waals surface area contributed by atoms with Crippen molar-refractivity contribution >= 4 is 18.0 Å². The Bertz CT molecular complexity index is 791. The zero-order chi connectivity index (χ0) is 20.9. The van der Waals surface area contributed by atoms with Crippen molar-refractivity contribution < 1.29 is 23.8 Å². The molecule has 2 aromatic rings. The van der Waals surface area contributed by atoms with Gasteiger partial charge in [0.15, 0.2) is 0 Å². The summed E-state index contributed by atoms with van der Waals surface area (Å²) in [7, 11) is 0. The fourth-order valence-electron chi connectivity index (χ4n) is 2.46. The van der Waals surface area contributed by atoms with Crippen LogP contribution in [0, 0.1) is 6.92 Å². The average Bonchev–Trinajstić information content (AvgIpc) is 2.73. The number of esters is 2. The third-order valence-electron chi connectivity index (χ3n) is 3.96. The quantitative estimate of drug-likeness (QED) is 0.221. The van der Waals surface area contributed by atoms with Gasteiger partial charge < -0.3 is 14.2 Å². The number of hydrogen-bond acceptors (Lipinski definition) is 5. The molecule has 29 heavy (non-hydrogen) atoms. The summed E-state index contributed by atoms with van der Waals surface area (Å²) in [6.45, 7) is 6.37. The summed E-state index contributed by atoms with van der Waals surface area (Å²) in [5, 5.41) is 0. The molecular formula is C24H27O5. The molecule has 2 aromatic carbocycles. The van der Waals surface area contributed by atoms with Gasteiger partial charge in [0.1, 0.15) is 17.2 Å². The highest BCUT2D eigenvalue weighted by Crippen LogP contribution is 2.19. The van der Waals surface area contributed by atoms with Gasteiger partial charge in [0.05, 0.1) is 6.61 Å². The molecule has 0 aliphatic heterocycles. The lowest BCUT2D eigenvalue weighted by atomic mass is 10.2. The second-order valence-electron chi connectivity index (χ2n) is 6.43. The van der Waals surface area contributed by atoms with Crippen molar-refractivity contribution in [3.8, 4) is 17.2 Å². The van der Waals surface area contributed by atoms with Crippen molar-refractivity contribution in [3.05, 3.63) is 67.1 Å². The second kappa shape index (κ2) is 12.4. The number of carbonyl (C=O) groups is 2. The van der Waals surface area contributed by atoms with Crippen molar-refractivity contribution in [1.82, 2.24) is 0 Å². The first-order valence-corrected chi connectivity index (χ1v) is 9.83. The van der Waals surface area contributed by atoms with E-state index < -0.39 is 5.97 Å².